The molecular weight excluding hydrogens is 434 g/mol. The largest absolute Gasteiger partial charge is 0.495 e. The fraction of sp³-hybridized carbons (Fsp3) is 0.591. The zero-order valence-electron chi connectivity index (χ0n) is 19.4. The lowest BCUT2D eigenvalue weighted by Crippen LogP contribution is -2.42. The van der Waals surface area contributed by atoms with Crippen LogP contribution in [0.5, 0.6) is 5.75 Å². The van der Waals surface area contributed by atoms with Crippen LogP contribution in [0.15, 0.2) is 27.6 Å². The van der Waals surface area contributed by atoms with E-state index in [1.54, 1.807) is 0 Å². The van der Waals surface area contributed by atoms with Crippen molar-refractivity contribution < 1.29 is 27.2 Å². The van der Waals surface area contributed by atoms with Crippen LogP contribution in [0.25, 0.3) is 0 Å². The summed E-state index contributed by atoms with van der Waals surface area (Å²) in [6.45, 7) is 10.5. The minimum absolute atomic E-state index is 0.0523. The molecule has 0 radical (unpaired) electrons. The quantitative estimate of drug-likeness (QED) is 0.597. The average molecular weight is 466 g/mol. The molecule has 9 nitrogen and oxygen atoms in total. The van der Waals surface area contributed by atoms with E-state index < -0.39 is 16.0 Å². The molecule has 0 amide bonds. The lowest BCUT2D eigenvalue weighted by Gasteiger charge is -2.34. The molecular formula is C22H31N3O6S. The van der Waals surface area contributed by atoms with Crippen LogP contribution in [-0.2, 0) is 26.8 Å². The second kappa shape index (κ2) is 9.19. The van der Waals surface area contributed by atoms with E-state index in [4.69, 9.17) is 14.0 Å². The van der Waals surface area contributed by atoms with Gasteiger partial charge in [-0.1, -0.05) is 39.8 Å². The first-order chi connectivity index (χ1) is 14.9. The second-order valence-electron chi connectivity index (χ2n) is 9.47. The van der Waals surface area contributed by atoms with Crippen LogP contribution in [0.1, 0.15) is 63.1 Å². The van der Waals surface area contributed by atoms with E-state index in [9.17, 15) is 13.2 Å². The highest BCUT2D eigenvalue weighted by molar-refractivity contribution is 7.89. The monoisotopic (exact) mass is 465 g/mol. The summed E-state index contributed by atoms with van der Waals surface area (Å²) in [6.07, 6.45) is 0.974. The van der Waals surface area contributed by atoms with Gasteiger partial charge in [-0.15, -0.1) is 0 Å². The predicted octanol–water partition coefficient (Wildman–Crippen LogP) is 3.40. The Morgan fingerprint density at radius 3 is 2.44 bits per heavy atom. The van der Waals surface area contributed by atoms with Crippen molar-refractivity contribution in [1.29, 1.82) is 0 Å². The normalized spacial score (nSPS) is 20.2. The van der Waals surface area contributed by atoms with Gasteiger partial charge in [-0.3, -0.25) is 0 Å². The summed E-state index contributed by atoms with van der Waals surface area (Å²) in [4.78, 5) is 16.8. The molecule has 1 saturated heterocycles. The fourth-order valence-electron chi connectivity index (χ4n) is 3.78. The van der Waals surface area contributed by atoms with E-state index in [0.29, 0.717) is 18.9 Å². The zero-order chi connectivity index (χ0) is 23.7. The number of carbonyl (C=O) groups is 1. The molecule has 2 unspecified atom stereocenters. The van der Waals surface area contributed by atoms with Crippen molar-refractivity contribution in [2.75, 3.05) is 20.2 Å². The number of nitrogens with zero attached hydrogens (tertiary/aromatic N) is 3. The van der Waals surface area contributed by atoms with Crippen LogP contribution >= 0.6 is 0 Å². The van der Waals surface area contributed by atoms with Crippen molar-refractivity contribution in [3.05, 3.63) is 35.5 Å². The highest BCUT2D eigenvalue weighted by Gasteiger charge is 2.34. The number of hydrogen-bond donors (Lipinski definition) is 0. The van der Waals surface area contributed by atoms with E-state index in [-0.39, 0.29) is 46.0 Å². The maximum absolute atomic E-state index is 13.4. The number of carbonyl (C=O) groups excluding carboxylic acids is 1. The first kappa shape index (κ1) is 24.2. The van der Waals surface area contributed by atoms with Gasteiger partial charge in [0.25, 0.3) is 5.89 Å². The number of rotatable bonds is 6. The molecule has 0 aliphatic carbocycles. The number of methoxy groups -OCH3 is 1. The molecule has 176 valence electrons. The summed E-state index contributed by atoms with van der Waals surface area (Å²) in [5.41, 5.74) is -0.202. The Kier molecular flexibility index (Phi) is 6.94. The van der Waals surface area contributed by atoms with Crippen LogP contribution in [-0.4, -0.2) is 49.0 Å². The first-order valence-electron chi connectivity index (χ1n) is 10.6. The van der Waals surface area contributed by atoms with E-state index in [1.807, 2.05) is 34.6 Å². The van der Waals surface area contributed by atoms with Gasteiger partial charge in [0.05, 0.1) is 12.7 Å². The highest BCUT2D eigenvalue weighted by Crippen LogP contribution is 2.32. The SMILES string of the molecule is COc1ccc(C(=O)OCc2nc(C(C)(C)C)no2)cc1S(=O)(=O)N1CC(C)CC(C)C1. The van der Waals surface area contributed by atoms with Gasteiger partial charge >= 0.3 is 5.97 Å². The van der Waals surface area contributed by atoms with Crippen LogP contribution < -0.4 is 4.74 Å². The molecule has 1 aliphatic heterocycles. The summed E-state index contributed by atoms with van der Waals surface area (Å²) in [6, 6.07) is 4.23. The summed E-state index contributed by atoms with van der Waals surface area (Å²) in [5, 5.41) is 3.89. The van der Waals surface area contributed by atoms with Crippen molar-refractivity contribution in [1.82, 2.24) is 14.4 Å². The van der Waals surface area contributed by atoms with E-state index >= 15 is 0 Å². The van der Waals surface area contributed by atoms with Gasteiger partial charge in [0.2, 0.25) is 10.0 Å². The van der Waals surface area contributed by atoms with Gasteiger partial charge in [0.15, 0.2) is 12.4 Å². The summed E-state index contributed by atoms with van der Waals surface area (Å²) >= 11 is 0. The van der Waals surface area contributed by atoms with Crippen LogP contribution in [0, 0.1) is 11.8 Å². The molecule has 0 bridgehead atoms. The standard InChI is InChI=1S/C22H31N3O6S/c1-14-9-15(2)12-25(11-14)32(27,28)18-10-16(7-8-17(18)29-6)20(26)30-13-19-23-21(24-31-19)22(3,4)5/h7-8,10,14-15H,9,11-13H2,1-6H3. The minimum Gasteiger partial charge on any atom is -0.495 e. The Balaban J connectivity index is 1.81. The smallest absolute Gasteiger partial charge is 0.338 e. The molecule has 2 heterocycles. The second-order valence-corrected chi connectivity index (χ2v) is 11.4. The molecule has 1 aromatic heterocycles. The Morgan fingerprint density at radius 1 is 1.22 bits per heavy atom. The Hall–Kier alpha value is -2.46. The maximum Gasteiger partial charge on any atom is 0.338 e. The number of esters is 1. The third-order valence-corrected chi connectivity index (χ3v) is 7.17. The van der Waals surface area contributed by atoms with E-state index in [0.717, 1.165) is 6.42 Å². The minimum atomic E-state index is -3.85. The molecule has 1 aliphatic rings. The Morgan fingerprint density at radius 2 is 1.88 bits per heavy atom. The van der Waals surface area contributed by atoms with E-state index in [2.05, 4.69) is 10.1 Å². The Labute approximate surface area is 189 Å². The number of sulfonamides is 1. The summed E-state index contributed by atoms with van der Waals surface area (Å²) in [7, 11) is -2.45. The van der Waals surface area contributed by atoms with Crippen molar-refractivity contribution in [2.45, 2.75) is 58.0 Å². The molecule has 3 rings (SSSR count). The van der Waals surface area contributed by atoms with Crippen LogP contribution in [0.3, 0.4) is 0 Å². The van der Waals surface area contributed by atoms with Gasteiger partial charge < -0.3 is 14.0 Å². The molecule has 0 spiro atoms. The molecule has 0 N–H and O–H groups in total. The van der Waals surface area contributed by atoms with E-state index in [1.165, 1.54) is 29.6 Å². The molecule has 2 aromatic rings. The zero-order valence-corrected chi connectivity index (χ0v) is 20.2. The van der Waals surface area contributed by atoms with Gasteiger partial charge in [-0.2, -0.15) is 9.29 Å². The maximum atomic E-state index is 13.4. The van der Waals surface area contributed by atoms with Crippen LogP contribution in [0.2, 0.25) is 0 Å². The van der Waals surface area contributed by atoms with Gasteiger partial charge in [-0.25, -0.2) is 13.2 Å². The lowest BCUT2D eigenvalue weighted by atomic mass is 9.94. The average Bonchev–Trinajstić information content (AvgIpc) is 3.20. The molecule has 2 atom stereocenters. The highest BCUT2D eigenvalue weighted by atomic mass is 32.2. The van der Waals surface area contributed by atoms with Gasteiger partial charge in [0, 0.05) is 18.5 Å². The van der Waals surface area contributed by atoms with Gasteiger partial charge in [-0.05, 0) is 36.5 Å². The van der Waals surface area contributed by atoms with Crippen molar-refractivity contribution >= 4 is 16.0 Å². The summed E-state index contributed by atoms with van der Waals surface area (Å²) in [5.74, 6) is 0.659. The number of hydrogen-bond acceptors (Lipinski definition) is 8. The Bertz CT molecular complexity index is 1060. The van der Waals surface area contributed by atoms with Crippen molar-refractivity contribution in [3.8, 4) is 5.75 Å². The third-order valence-electron chi connectivity index (χ3n) is 5.32. The predicted molar refractivity (Wildman–Crippen MR) is 117 cm³/mol. The number of piperidine rings is 1. The van der Waals surface area contributed by atoms with Crippen molar-refractivity contribution in [3.63, 3.8) is 0 Å². The van der Waals surface area contributed by atoms with Crippen LogP contribution in [0.4, 0.5) is 0 Å². The fourth-order valence-corrected chi connectivity index (χ4v) is 5.64. The molecule has 1 aromatic carbocycles. The number of aromatic nitrogens is 2. The van der Waals surface area contributed by atoms with Crippen molar-refractivity contribution in [2.24, 2.45) is 11.8 Å². The van der Waals surface area contributed by atoms with Gasteiger partial charge in [0.1, 0.15) is 10.6 Å². The first-order valence-corrected chi connectivity index (χ1v) is 12.0. The molecule has 10 heteroatoms. The molecule has 1 fully saturated rings. The topological polar surface area (TPSA) is 112 Å². The third kappa shape index (κ3) is 5.29. The molecule has 32 heavy (non-hydrogen) atoms. The summed E-state index contributed by atoms with van der Waals surface area (Å²) < 4.78 is 43.9. The molecule has 0 saturated carbocycles. The number of benzene rings is 1. The number of ether oxygens (including phenoxy) is 2. The lowest BCUT2D eigenvalue weighted by molar-refractivity contribution is 0.0429.